The van der Waals surface area contributed by atoms with Crippen LogP contribution in [0, 0.1) is 0 Å². The molecule has 0 radical (unpaired) electrons. The Labute approximate surface area is 133 Å². The summed E-state index contributed by atoms with van der Waals surface area (Å²) in [6.45, 7) is -1.70. The number of aliphatic imine (C=N–C) groups is 1. The Morgan fingerprint density at radius 1 is 1.30 bits per heavy atom. The maximum absolute atomic E-state index is 12.1. The van der Waals surface area contributed by atoms with Gasteiger partial charge in [0.25, 0.3) is 0 Å². The lowest BCUT2D eigenvalue weighted by atomic mass is 10.2. The summed E-state index contributed by atoms with van der Waals surface area (Å²) in [5.74, 6) is 1.66. The SMILES string of the molecule is CN=C(NCc1ccco1)N(C)Cc1ccc(OC(F)F)cc1. The summed E-state index contributed by atoms with van der Waals surface area (Å²) < 4.78 is 33.8. The Kier molecular flexibility index (Phi) is 5.96. The van der Waals surface area contributed by atoms with Crippen molar-refractivity contribution in [1.82, 2.24) is 10.2 Å². The van der Waals surface area contributed by atoms with Crippen LogP contribution in [0.2, 0.25) is 0 Å². The van der Waals surface area contributed by atoms with Crippen molar-refractivity contribution in [2.24, 2.45) is 4.99 Å². The molecule has 0 fully saturated rings. The normalized spacial score (nSPS) is 11.6. The number of benzene rings is 1. The predicted octanol–water partition coefficient (Wildman–Crippen LogP) is 3.09. The fourth-order valence-electron chi connectivity index (χ4n) is 2.09. The van der Waals surface area contributed by atoms with E-state index in [-0.39, 0.29) is 5.75 Å². The molecule has 2 rings (SSSR count). The van der Waals surface area contributed by atoms with Crippen LogP contribution in [0.25, 0.3) is 0 Å². The van der Waals surface area contributed by atoms with Gasteiger partial charge in [0.15, 0.2) is 5.96 Å². The lowest BCUT2D eigenvalue weighted by Gasteiger charge is -2.22. The van der Waals surface area contributed by atoms with Gasteiger partial charge in [-0.3, -0.25) is 4.99 Å². The van der Waals surface area contributed by atoms with E-state index in [1.165, 1.54) is 12.1 Å². The highest BCUT2D eigenvalue weighted by atomic mass is 19.3. The molecule has 1 aromatic heterocycles. The second kappa shape index (κ2) is 8.17. The Morgan fingerprint density at radius 3 is 2.61 bits per heavy atom. The van der Waals surface area contributed by atoms with Crippen LogP contribution in [0.4, 0.5) is 8.78 Å². The minimum atomic E-state index is -2.81. The summed E-state index contributed by atoms with van der Waals surface area (Å²) in [6, 6.07) is 10.2. The maximum Gasteiger partial charge on any atom is 0.387 e. The second-order valence-electron chi connectivity index (χ2n) is 4.86. The lowest BCUT2D eigenvalue weighted by Crippen LogP contribution is -2.37. The molecule has 7 heteroatoms. The molecule has 0 bridgehead atoms. The Bertz CT molecular complexity index is 613. The smallest absolute Gasteiger partial charge is 0.387 e. The summed E-state index contributed by atoms with van der Waals surface area (Å²) in [4.78, 5) is 6.13. The largest absolute Gasteiger partial charge is 0.467 e. The predicted molar refractivity (Wildman–Crippen MR) is 83.4 cm³/mol. The third-order valence-corrected chi connectivity index (χ3v) is 3.14. The molecular weight excluding hydrogens is 304 g/mol. The highest BCUT2D eigenvalue weighted by Crippen LogP contribution is 2.15. The van der Waals surface area contributed by atoms with E-state index >= 15 is 0 Å². The second-order valence-corrected chi connectivity index (χ2v) is 4.86. The fourth-order valence-corrected chi connectivity index (χ4v) is 2.09. The van der Waals surface area contributed by atoms with Crippen LogP contribution < -0.4 is 10.1 Å². The molecule has 0 aliphatic rings. The molecule has 1 N–H and O–H groups in total. The van der Waals surface area contributed by atoms with Crippen molar-refractivity contribution in [3.63, 3.8) is 0 Å². The van der Waals surface area contributed by atoms with Gasteiger partial charge in [-0.1, -0.05) is 12.1 Å². The topological polar surface area (TPSA) is 50.0 Å². The van der Waals surface area contributed by atoms with Crippen molar-refractivity contribution in [3.05, 3.63) is 54.0 Å². The average Bonchev–Trinajstić information content (AvgIpc) is 3.03. The molecule has 5 nitrogen and oxygen atoms in total. The number of rotatable bonds is 6. The zero-order valence-electron chi connectivity index (χ0n) is 13.0. The number of alkyl halides is 2. The molecule has 0 atom stereocenters. The van der Waals surface area contributed by atoms with Gasteiger partial charge >= 0.3 is 6.61 Å². The summed E-state index contributed by atoms with van der Waals surface area (Å²) in [5, 5.41) is 3.19. The van der Waals surface area contributed by atoms with E-state index in [1.54, 1.807) is 25.4 Å². The summed E-state index contributed by atoms with van der Waals surface area (Å²) >= 11 is 0. The summed E-state index contributed by atoms with van der Waals surface area (Å²) in [5.41, 5.74) is 0.954. The first-order chi connectivity index (χ1) is 11.1. The fraction of sp³-hybridized carbons (Fsp3) is 0.312. The minimum absolute atomic E-state index is 0.145. The zero-order chi connectivity index (χ0) is 16.7. The van der Waals surface area contributed by atoms with E-state index in [2.05, 4.69) is 15.0 Å². The molecule has 0 saturated heterocycles. The van der Waals surface area contributed by atoms with E-state index in [0.717, 1.165) is 11.3 Å². The molecular formula is C16H19F2N3O2. The Morgan fingerprint density at radius 2 is 2.04 bits per heavy atom. The molecule has 0 unspecified atom stereocenters. The number of nitrogens with one attached hydrogen (secondary N) is 1. The van der Waals surface area contributed by atoms with E-state index in [9.17, 15) is 8.78 Å². The molecule has 124 valence electrons. The number of hydrogen-bond donors (Lipinski definition) is 1. The molecule has 0 amide bonds. The first-order valence-corrected chi connectivity index (χ1v) is 7.06. The van der Waals surface area contributed by atoms with Crippen LogP contribution in [0.1, 0.15) is 11.3 Å². The van der Waals surface area contributed by atoms with E-state index in [1.807, 2.05) is 24.1 Å². The lowest BCUT2D eigenvalue weighted by molar-refractivity contribution is -0.0498. The minimum Gasteiger partial charge on any atom is -0.467 e. The molecule has 0 aliphatic heterocycles. The molecule has 1 heterocycles. The first kappa shape index (κ1) is 16.8. The van der Waals surface area contributed by atoms with Crippen LogP contribution >= 0.6 is 0 Å². The highest BCUT2D eigenvalue weighted by molar-refractivity contribution is 5.79. The summed E-state index contributed by atoms with van der Waals surface area (Å²) in [7, 11) is 3.58. The molecule has 2 aromatic rings. The maximum atomic E-state index is 12.1. The van der Waals surface area contributed by atoms with Crippen LogP contribution in [0.15, 0.2) is 52.1 Å². The average molecular weight is 323 g/mol. The number of hydrogen-bond acceptors (Lipinski definition) is 3. The van der Waals surface area contributed by atoms with Crippen LogP contribution in [0.5, 0.6) is 5.75 Å². The number of nitrogens with zero attached hydrogens (tertiary/aromatic N) is 2. The van der Waals surface area contributed by atoms with Crippen molar-refractivity contribution in [2.45, 2.75) is 19.7 Å². The van der Waals surface area contributed by atoms with Gasteiger partial charge in [-0.05, 0) is 29.8 Å². The standard InChI is InChI=1S/C16H19F2N3O2/c1-19-16(20-10-14-4-3-9-22-14)21(2)11-12-5-7-13(8-6-12)23-15(17)18/h3-9,15H,10-11H2,1-2H3,(H,19,20). The molecule has 0 saturated carbocycles. The molecule has 0 aliphatic carbocycles. The van der Waals surface area contributed by atoms with Crippen molar-refractivity contribution >= 4 is 5.96 Å². The van der Waals surface area contributed by atoms with Gasteiger partial charge in [0.1, 0.15) is 11.5 Å². The third kappa shape index (κ3) is 5.28. The number of guanidine groups is 1. The molecule has 0 spiro atoms. The van der Waals surface area contributed by atoms with Crippen molar-refractivity contribution < 1.29 is 17.9 Å². The molecule has 1 aromatic carbocycles. The Hall–Kier alpha value is -2.57. The molecule has 23 heavy (non-hydrogen) atoms. The van der Waals surface area contributed by atoms with Crippen molar-refractivity contribution in [2.75, 3.05) is 14.1 Å². The van der Waals surface area contributed by atoms with Gasteiger partial charge in [0.05, 0.1) is 12.8 Å². The monoisotopic (exact) mass is 323 g/mol. The summed E-state index contributed by atoms with van der Waals surface area (Å²) in [6.07, 6.45) is 1.62. The van der Waals surface area contributed by atoms with Gasteiger partial charge in [-0.2, -0.15) is 8.78 Å². The zero-order valence-corrected chi connectivity index (χ0v) is 13.0. The highest BCUT2D eigenvalue weighted by Gasteiger charge is 2.08. The van der Waals surface area contributed by atoms with Gasteiger partial charge < -0.3 is 19.4 Å². The number of ether oxygens (including phenoxy) is 1. The number of halogens is 2. The van der Waals surface area contributed by atoms with Gasteiger partial charge in [-0.15, -0.1) is 0 Å². The van der Waals surface area contributed by atoms with Gasteiger partial charge in [0.2, 0.25) is 0 Å². The third-order valence-electron chi connectivity index (χ3n) is 3.14. The number of furan rings is 1. The van der Waals surface area contributed by atoms with Crippen LogP contribution in [-0.4, -0.2) is 31.6 Å². The van der Waals surface area contributed by atoms with E-state index < -0.39 is 6.61 Å². The van der Waals surface area contributed by atoms with Gasteiger partial charge in [-0.25, -0.2) is 0 Å². The quantitative estimate of drug-likeness (QED) is 0.656. The van der Waals surface area contributed by atoms with Crippen LogP contribution in [-0.2, 0) is 13.1 Å². The van der Waals surface area contributed by atoms with Crippen LogP contribution in [0.3, 0.4) is 0 Å². The van der Waals surface area contributed by atoms with Crippen molar-refractivity contribution in [3.8, 4) is 5.75 Å². The first-order valence-electron chi connectivity index (χ1n) is 7.06. The Balaban J connectivity index is 1.89. The van der Waals surface area contributed by atoms with Gasteiger partial charge in [0, 0.05) is 20.6 Å². The van der Waals surface area contributed by atoms with E-state index in [4.69, 9.17) is 4.42 Å². The van der Waals surface area contributed by atoms with Crippen molar-refractivity contribution in [1.29, 1.82) is 0 Å². The van der Waals surface area contributed by atoms with E-state index in [0.29, 0.717) is 19.0 Å².